The molecule has 2 N–H and O–H groups in total. The lowest BCUT2D eigenvalue weighted by atomic mass is 9.55. The fourth-order valence-corrected chi connectivity index (χ4v) is 1.67. The predicted molar refractivity (Wildman–Crippen MR) is 66.5 cm³/mol. The number of halogens is 1. The van der Waals surface area contributed by atoms with E-state index in [0.717, 1.165) is 17.7 Å². The number of rotatable bonds is 2. The molecule has 0 radical (unpaired) electrons. The molecule has 2 rings (SSSR count). The van der Waals surface area contributed by atoms with E-state index in [4.69, 9.17) is 0 Å². The first-order chi connectivity index (χ1) is 8.08. The van der Waals surface area contributed by atoms with E-state index in [9.17, 15) is 14.5 Å². The molecule has 86 valence electrons. The van der Waals surface area contributed by atoms with Gasteiger partial charge in [-0.1, -0.05) is 29.8 Å². The first-order valence-corrected chi connectivity index (χ1v) is 5.31. The summed E-state index contributed by atoms with van der Waals surface area (Å²) >= 11 is 0. The lowest BCUT2D eigenvalue weighted by Crippen LogP contribution is -2.42. The molecule has 0 saturated heterocycles. The highest BCUT2D eigenvalue weighted by Crippen LogP contribution is 2.07. The van der Waals surface area contributed by atoms with E-state index in [1.165, 1.54) is 6.07 Å². The van der Waals surface area contributed by atoms with Gasteiger partial charge in [-0.25, -0.2) is 4.39 Å². The number of phenols is 1. The Morgan fingerprint density at radius 2 is 1.71 bits per heavy atom. The molecule has 0 aliphatic carbocycles. The molecule has 0 fully saturated rings. The van der Waals surface area contributed by atoms with Gasteiger partial charge in [0.15, 0.2) is 0 Å². The Kier molecular flexibility index (Phi) is 3.15. The Labute approximate surface area is 99.5 Å². The van der Waals surface area contributed by atoms with Crippen LogP contribution in [0.4, 0.5) is 4.39 Å². The van der Waals surface area contributed by atoms with Gasteiger partial charge in [-0.3, -0.25) is 0 Å². The second-order valence-electron chi connectivity index (χ2n) is 4.02. The van der Waals surface area contributed by atoms with Crippen LogP contribution < -0.4 is 10.9 Å². The number of benzene rings is 2. The predicted octanol–water partition coefficient (Wildman–Crippen LogP) is 0.938. The van der Waals surface area contributed by atoms with Crippen molar-refractivity contribution < 1.29 is 14.5 Å². The zero-order valence-electron chi connectivity index (χ0n) is 9.39. The fraction of sp³-hybridized carbons (Fsp3) is 0.0769. The molecule has 0 unspecified atom stereocenters. The summed E-state index contributed by atoms with van der Waals surface area (Å²) in [5.74, 6) is -0.594. The first kappa shape index (κ1) is 11.7. The average Bonchev–Trinajstić information content (AvgIpc) is 2.32. The highest BCUT2D eigenvalue weighted by atomic mass is 19.1. The average molecular weight is 230 g/mol. The molecule has 0 heterocycles. The molecule has 2 aromatic rings. The zero-order valence-corrected chi connectivity index (χ0v) is 9.39. The Hall–Kier alpha value is -1.81. The number of hydrogen-bond donors (Lipinski definition) is 2. The molecule has 0 spiro atoms. The second kappa shape index (κ2) is 4.59. The first-order valence-electron chi connectivity index (χ1n) is 5.31. The van der Waals surface area contributed by atoms with Crippen LogP contribution in [-0.2, 0) is 0 Å². The summed E-state index contributed by atoms with van der Waals surface area (Å²) in [6, 6.07) is 10.8. The molecule has 0 aliphatic heterocycles. The van der Waals surface area contributed by atoms with Gasteiger partial charge < -0.3 is 10.1 Å². The zero-order chi connectivity index (χ0) is 12.4. The van der Waals surface area contributed by atoms with Gasteiger partial charge in [-0.15, -0.1) is 0 Å². The topological polar surface area (TPSA) is 40.5 Å². The molecular formula is C13H12BFO2. The highest BCUT2D eigenvalue weighted by molar-refractivity contribution is 6.79. The Morgan fingerprint density at radius 1 is 1.06 bits per heavy atom. The van der Waals surface area contributed by atoms with Gasteiger partial charge in [-0.2, -0.15) is 0 Å². The monoisotopic (exact) mass is 230 g/mol. The number of aryl methyl sites for hydroxylation is 1. The van der Waals surface area contributed by atoms with E-state index in [1.54, 1.807) is 12.1 Å². The Balaban J connectivity index is 2.39. The van der Waals surface area contributed by atoms with Gasteiger partial charge in [0.1, 0.15) is 11.6 Å². The molecule has 2 aromatic carbocycles. The maximum absolute atomic E-state index is 13.1. The van der Waals surface area contributed by atoms with E-state index in [2.05, 4.69) is 0 Å². The lowest BCUT2D eigenvalue weighted by molar-refractivity contribution is 0.475. The second-order valence-corrected chi connectivity index (χ2v) is 4.02. The third kappa shape index (κ3) is 2.48. The molecule has 0 atom stereocenters. The molecule has 0 aromatic heterocycles. The Bertz CT molecular complexity index is 525. The number of aromatic hydroxyl groups is 1. The minimum atomic E-state index is -1.02. The third-order valence-electron chi connectivity index (χ3n) is 2.68. The van der Waals surface area contributed by atoms with Crippen molar-refractivity contribution in [1.29, 1.82) is 0 Å². The van der Waals surface area contributed by atoms with Crippen LogP contribution >= 0.6 is 0 Å². The van der Waals surface area contributed by atoms with Crippen molar-refractivity contribution in [3.8, 4) is 5.75 Å². The number of hydrogen-bond acceptors (Lipinski definition) is 2. The van der Waals surface area contributed by atoms with Crippen molar-refractivity contribution in [3.63, 3.8) is 0 Å². The van der Waals surface area contributed by atoms with Crippen LogP contribution in [0, 0.1) is 12.7 Å². The number of phenolic OH excluding ortho intramolecular Hbond substituents is 1. The third-order valence-corrected chi connectivity index (χ3v) is 2.68. The van der Waals surface area contributed by atoms with Crippen LogP contribution in [0.15, 0.2) is 42.5 Å². The maximum Gasteiger partial charge on any atom is 0.362 e. The van der Waals surface area contributed by atoms with Gasteiger partial charge in [0, 0.05) is 5.46 Å². The van der Waals surface area contributed by atoms with E-state index in [0.29, 0.717) is 5.46 Å². The van der Waals surface area contributed by atoms with Crippen molar-refractivity contribution in [2.24, 2.45) is 0 Å². The van der Waals surface area contributed by atoms with Crippen LogP contribution in [0.5, 0.6) is 5.75 Å². The van der Waals surface area contributed by atoms with Crippen molar-refractivity contribution in [2.75, 3.05) is 0 Å². The molecule has 17 heavy (non-hydrogen) atoms. The molecular weight excluding hydrogens is 218 g/mol. The molecule has 4 heteroatoms. The lowest BCUT2D eigenvalue weighted by Gasteiger charge is -2.09. The molecule has 0 aliphatic rings. The summed E-state index contributed by atoms with van der Waals surface area (Å²) in [6.45, 7) is 0.918. The van der Waals surface area contributed by atoms with Gasteiger partial charge in [0.25, 0.3) is 0 Å². The van der Waals surface area contributed by atoms with Crippen LogP contribution in [0.25, 0.3) is 0 Å². The van der Waals surface area contributed by atoms with Crippen molar-refractivity contribution in [1.82, 2.24) is 0 Å². The van der Waals surface area contributed by atoms with E-state index in [-0.39, 0.29) is 11.2 Å². The van der Waals surface area contributed by atoms with Crippen LogP contribution in [0.1, 0.15) is 5.56 Å². The summed E-state index contributed by atoms with van der Waals surface area (Å²) in [5.41, 5.74) is 1.87. The van der Waals surface area contributed by atoms with E-state index in [1.807, 2.05) is 19.1 Å². The van der Waals surface area contributed by atoms with Crippen molar-refractivity contribution >= 4 is 17.8 Å². The normalized spacial score (nSPS) is 10.3. The molecule has 0 saturated carbocycles. The highest BCUT2D eigenvalue weighted by Gasteiger charge is 2.20. The fourth-order valence-electron chi connectivity index (χ4n) is 1.67. The van der Waals surface area contributed by atoms with Crippen LogP contribution in [0.2, 0.25) is 0 Å². The summed E-state index contributed by atoms with van der Waals surface area (Å²) in [4.78, 5) is 0. The Morgan fingerprint density at radius 3 is 2.35 bits per heavy atom. The van der Waals surface area contributed by atoms with Gasteiger partial charge in [0.05, 0.1) is 0 Å². The van der Waals surface area contributed by atoms with Crippen LogP contribution in [0.3, 0.4) is 0 Å². The van der Waals surface area contributed by atoms with Gasteiger partial charge in [0.2, 0.25) is 0 Å². The summed E-state index contributed by atoms with van der Waals surface area (Å²) in [5, 5.41) is 19.7. The maximum atomic E-state index is 13.1. The van der Waals surface area contributed by atoms with E-state index < -0.39 is 12.7 Å². The smallest absolute Gasteiger partial charge is 0.362 e. The largest absolute Gasteiger partial charge is 0.508 e. The van der Waals surface area contributed by atoms with Gasteiger partial charge >= 0.3 is 6.92 Å². The SMILES string of the molecule is Cc1ccc(B(O)c2cc(F)ccc2O)cc1. The minimum Gasteiger partial charge on any atom is -0.508 e. The standard InChI is InChI=1S/C13H12BFO2/c1-9-2-4-10(5-3-9)14(17)12-8-11(15)6-7-13(12)16/h2-8,16-17H,1H3. The molecule has 0 amide bonds. The van der Waals surface area contributed by atoms with Crippen molar-refractivity contribution in [3.05, 3.63) is 53.8 Å². The molecule has 2 nitrogen and oxygen atoms in total. The van der Waals surface area contributed by atoms with Crippen LogP contribution in [-0.4, -0.2) is 17.0 Å². The minimum absolute atomic E-state index is 0.112. The summed E-state index contributed by atoms with van der Waals surface area (Å²) in [7, 11) is 0. The van der Waals surface area contributed by atoms with Gasteiger partial charge in [-0.05, 0) is 30.6 Å². The summed E-state index contributed by atoms with van der Waals surface area (Å²) in [6.07, 6.45) is 0. The van der Waals surface area contributed by atoms with Crippen molar-refractivity contribution in [2.45, 2.75) is 6.92 Å². The molecule has 0 bridgehead atoms. The summed E-state index contributed by atoms with van der Waals surface area (Å²) < 4.78 is 13.1. The quantitative estimate of drug-likeness (QED) is 0.753. The van der Waals surface area contributed by atoms with E-state index >= 15 is 0 Å².